The molecule has 0 spiro atoms. The van der Waals surface area contributed by atoms with Gasteiger partial charge in [-0.1, -0.05) is 13.8 Å². The van der Waals surface area contributed by atoms with E-state index in [-0.39, 0.29) is 5.41 Å². The summed E-state index contributed by atoms with van der Waals surface area (Å²) in [4.78, 5) is 6.56. The zero-order valence-corrected chi connectivity index (χ0v) is 12.7. The number of nitrogens with zero attached hydrogens (tertiary/aromatic N) is 2. The highest BCUT2D eigenvalue weighted by atomic mass is 16.5. The predicted molar refractivity (Wildman–Crippen MR) is 80.6 cm³/mol. The molecular formula is C14H26N4O. The van der Waals surface area contributed by atoms with Crippen molar-refractivity contribution >= 4 is 11.5 Å². The van der Waals surface area contributed by atoms with Crippen LogP contribution in [-0.2, 0) is 0 Å². The van der Waals surface area contributed by atoms with Crippen molar-refractivity contribution in [1.29, 1.82) is 0 Å². The fourth-order valence-corrected chi connectivity index (χ4v) is 2.04. The van der Waals surface area contributed by atoms with E-state index in [1.165, 1.54) is 0 Å². The number of rotatable bonds is 7. The number of aromatic nitrogens is 1. The van der Waals surface area contributed by atoms with Gasteiger partial charge in [-0.2, -0.15) is 4.98 Å². The molecular weight excluding hydrogens is 240 g/mol. The van der Waals surface area contributed by atoms with E-state index < -0.39 is 0 Å². The second-order valence-corrected chi connectivity index (χ2v) is 5.78. The zero-order valence-electron chi connectivity index (χ0n) is 12.7. The molecule has 0 saturated heterocycles. The van der Waals surface area contributed by atoms with Gasteiger partial charge in [0.05, 0.1) is 12.3 Å². The predicted octanol–water partition coefficient (Wildman–Crippen LogP) is 2.06. The summed E-state index contributed by atoms with van der Waals surface area (Å²) >= 11 is 0. The van der Waals surface area contributed by atoms with Crippen molar-refractivity contribution in [1.82, 2.24) is 9.88 Å². The van der Waals surface area contributed by atoms with E-state index in [1.54, 1.807) is 0 Å². The number of pyridine rings is 1. The molecule has 0 aliphatic carbocycles. The average Bonchev–Trinajstić information content (AvgIpc) is 2.29. The van der Waals surface area contributed by atoms with Crippen LogP contribution in [-0.4, -0.2) is 43.7 Å². The van der Waals surface area contributed by atoms with Crippen molar-refractivity contribution in [3.05, 3.63) is 12.1 Å². The van der Waals surface area contributed by atoms with Crippen LogP contribution < -0.4 is 15.8 Å². The van der Waals surface area contributed by atoms with Gasteiger partial charge in [-0.25, -0.2) is 0 Å². The summed E-state index contributed by atoms with van der Waals surface area (Å²) in [7, 11) is 4.16. The van der Waals surface area contributed by atoms with E-state index >= 15 is 0 Å². The third kappa shape index (κ3) is 5.34. The van der Waals surface area contributed by atoms with Gasteiger partial charge in [0, 0.05) is 13.1 Å². The molecule has 108 valence electrons. The van der Waals surface area contributed by atoms with Gasteiger partial charge in [0.1, 0.15) is 5.82 Å². The molecule has 0 unspecified atom stereocenters. The molecule has 0 fully saturated rings. The Morgan fingerprint density at radius 3 is 2.63 bits per heavy atom. The highest BCUT2D eigenvalue weighted by molar-refractivity contribution is 5.53. The van der Waals surface area contributed by atoms with Crippen LogP contribution in [0.5, 0.6) is 5.88 Å². The number of nitrogens with two attached hydrogens (primary N) is 1. The molecule has 0 aromatic carbocycles. The topological polar surface area (TPSA) is 63.4 Å². The molecule has 0 bridgehead atoms. The molecule has 5 nitrogen and oxygen atoms in total. The van der Waals surface area contributed by atoms with Crippen molar-refractivity contribution in [2.45, 2.75) is 20.8 Å². The molecule has 19 heavy (non-hydrogen) atoms. The molecule has 0 saturated carbocycles. The van der Waals surface area contributed by atoms with E-state index in [0.29, 0.717) is 18.2 Å². The number of ether oxygens (including phenoxy) is 1. The molecule has 3 N–H and O–H groups in total. The lowest BCUT2D eigenvalue weighted by Gasteiger charge is -2.28. The fraction of sp³-hybridized carbons (Fsp3) is 0.643. The Labute approximate surface area is 116 Å². The maximum Gasteiger partial charge on any atom is 0.239 e. The van der Waals surface area contributed by atoms with Gasteiger partial charge < -0.3 is 20.7 Å². The smallest absolute Gasteiger partial charge is 0.239 e. The largest absolute Gasteiger partial charge is 0.476 e. The lowest BCUT2D eigenvalue weighted by Crippen LogP contribution is -2.34. The number of nitrogen functional groups attached to an aromatic ring is 1. The molecule has 1 heterocycles. The summed E-state index contributed by atoms with van der Waals surface area (Å²) in [5, 5.41) is 3.34. The van der Waals surface area contributed by atoms with Crippen LogP contribution in [0.25, 0.3) is 0 Å². The summed E-state index contributed by atoms with van der Waals surface area (Å²) in [5.41, 5.74) is 6.54. The van der Waals surface area contributed by atoms with E-state index in [9.17, 15) is 0 Å². The number of hydrogen-bond acceptors (Lipinski definition) is 5. The Kier molecular flexibility index (Phi) is 5.42. The first-order valence-electron chi connectivity index (χ1n) is 6.62. The van der Waals surface area contributed by atoms with Crippen molar-refractivity contribution in [3.8, 4) is 5.88 Å². The van der Waals surface area contributed by atoms with Crippen molar-refractivity contribution in [2.24, 2.45) is 5.41 Å². The molecule has 0 aliphatic heterocycles. The van der Waals surface area contributed by atoms with Crippen LogP contribution in [0.1, 0.15) is 20.8 Å². The highest BCUT2D eigenvalue weighted by Crippen LogP contribution is 2.22. The second kappa shape index (κ2) is 6.61. The SMILES string of the molecule is CCOc1nc(NCC(C)(C)CN(C)C)ccc1N. The van der Waals surface area contributed by atoms with E-state index in [2.05, 4.69) is 43.1 Å². The van der Waals surface area contributed by atoms with Crippen LogP contribution >= 0.6 is 0 Å². The molecule has 0 atom stereocenters. The van der Waals surface area contributed by atoms with Crippen LogP contribution in [0, 0.1) is 5.41 Å². The van der Waals surface area contributed by atoms with Crippen LogP contribution in [0.2, 0.25) is 0 Å². The monoisotopic (exact) mass is 266 g/mol. The van der Waals surface area contributed by atoms with E-state index in [0.717, 1.165) is 18.9 Å². The quantitative estimate of drug-likeness (QED) is 0.791. The van der Waals surface area contributed by atoms with Crippen molar-refractivity contribution in [2.75, 3.05) is 44.8 Å². The Bertz CT molecular complexity index is 404. The number of nitrogens with one attached hydrogen (secondary N) is 1. The molecule has 1 aromatic rings. The summed E-state index contributed by atoms with van der Waals surface area (Å²) in [5.74, 6) is 1.29. The lowest BCUT2D eigenvalue weighted by atomic mass is 9.93. The number of hydrogen-bond donors (Lipinski definition) is 2. The third-order valence-electron chi connectivity index (χ3n) is 2.66. The van der Waals surface area contributed by atoms with Gasteiger partial charge in [-0.3, -0.25) is 0 Å². The van der Waals surface area contributed by atoms with Crippen LogP contribution in [0.3, 0.4) is 0 Å². The van der Waals surface area contributed by atoms with Gasteiger partial charge in [0.15, 0.2) is 0 Å². The molecule has 0 aliphatic rings. The first-order valence-corrected chi connectivity index (χ1v) is 6.62. The summed E-state index contributed by atoms with van der Waals surface area (Å²) < 4.78 is 5.39. The molecule has 0 radical (unpaired) electrons. The van der Waals surface area contributed by atoms with Gasteiger partial charge >= 0.3 is 0 Å². The first-order chi connectivity index (χ1) is 8.84. The van der Waals surface area contributed by atoms with Crippen molar-refractivity contribution < 1.29 is 4.74 Å². The fourth-order valence-electron chi connectivity index (χ4n) is 2.04. The molecule has 1 aromatic heterocycles. The normalized spacial score (nSPS) is 11.7. The standard InChI is InChI=1S/C14H26N4O/c1-6-19-13-11(15)7-8-12(17-13)16-9-14(2,3)10-18(4)5/h7-8H,6,9-10,15H2,1-5H3,(H,16,17). The third-order valence-corrected chi connectivity index (χ3v) is 2.66. The van der Waals surface area contributed by atoms with E-state index in [4.69, 9.17) is 10.5 Å². The van der Waals surface area contributed by atoms with Gasteiger partial charge in [-0.05, 0) is 38.6 Å². The molecule has 5 heteroatoms. The van der Waals surface area contributed by atoms with Gasteiger partial charge in [-0.15, -0.1) is 0 Å². The maximum absolute atomic E-state index is 5.80. The van der Waals surface area contributed by atoms with Crippen LogP contribution in [0.4, 0.5) is 11.5 Å². The van der Waals surface area contributed by atoms with Gasteiger partial charge in [0.25, 0.3) is 0 Å². The highest BCUT2D eigenvalue weighted by Gasteiger charge is 2.18. The number of anilines is 2. The minimum Gasteiger partial charge on any atom is -0.476 e. The Morgan fingerprint density at radius 2 is 2.05 bits per heavy atom. The van der Waals surface area contributed by atoms with Crippen LogP contribution in [0.15, 0.2) is 12.1 Å². The summed E-state index contributed by atoms with van der Waals surface area (Å²) in [6.07, 6.45) is 0. The van der Waals surface area contributed by atoms with Gasteiger partial charge in [0.2, 0.25) is 5.88 Å². The van der Waals surface area contributed by atoms with Crippen molar-refractivity contribution in [3.63, 3.8) is 0 Å². The molecule has 1 rings (SSSR count). The second-order valence-electron chi connectivity index (χ2n) is 5.78. The summed E-state index contributed by atoms with van der Waals surface area (Å²) in [6, 6.07) is 3.70. The minimum absolute atomic E-state index is 0.165. The zero-order chi connectivity index (χ0) is 14.5. The summed E-state index contributed by atoms with van der Waals surface area (Å²) in [6.45, 7) is 8.77. The Hall–Kier alpha value is -1.49. The first kappa shape index (κ1) is 15.6. The minimum atomic E-state index is 0.165. The molecule has 0 amide bonds. The Balaban J connectivity index is 2.65. The lowest BCUT2D eigenvalue weighted by molar-refractivity contribution is 0.254. The van der Waals surface area contributed by atoms with E-state index in [1.807, 2.05) is 19.1 Å². The maximum atomic E-state index is 5.80. The Morgan fingerprint density at radius 1 is 1.37 bits per heavy atom. The average molecular weight is 266 g/mol.